The number of amides is 1. The highest BCUT2D eigenvalue weighted by molar-refractivity contribution is 7.10. The number of halogens is 2. The third-order valence-electron chi connectivity index (χ3n) is 2.83. The van der Waals surface area contributed by atoms with Crippen LogP contribution in [0, 0.1) is 0 Å². The van der Waals surface area contributed by atoms with Crippen LogP contribution in [0.2, 0.25) is 10.0 Å². The molecule has 2 rings (SSSR count). The van der Waals surface area contributed by atoms with Crippen molar-refractivity contribution in [2.45, 2.75) is 12.5 Å². The minimum absolute atomic E-state index is 0.118. The van der Waals surface area contributed by atoms with Gasteiger partial charge in [0.05, 0.1) is 16.6 Å². The molecular weight excluding hydrogens is 317 g/mol. The highest BCUT2D eigenvalue weighted by Crippen LogP contribution is 2.25. The number of hydrogen-bond acceptors (Lipinski definition) is 3. The molecule has 2 aromatic rings. The molecule has 0 saturated carbocycles. The van der Waals surface area contributed by atoms with Crippen LogP contribution in [0.3, 0.4) is 0 Å². The molecule has 0 aliphatic carbocycles. The van der Waals surface area contributed by atoms with Crippen molar-refractivity contribution < 1.29 is 9.90 Å². The Morgan fingerprint density at radius 2 is 2.10 bits per heavy atom. The Hall–Kier alpha value is -1.07. The number of hydrogen-bond donors (Lipinski definition) is 2. The first-order valence-electron chi connectivity index (χ1n) is 5.90. The molecule has 20 heavy (non-hydrogen) atoms. The van der Waals surface area contributed by atoms with Gasteiger partial charge in [0.15, 0.2) is 0 Å². The van der Waals surface area contributed by atoms with E-state index in [1.54, 1.807) is 19.1 Å². The number of nitrogens with one attached hydrogen (secondary N) is 1. The molecule has 0 spiro atoms. The molecule has 1 unspecified atom stereocenters. The lowest BCUT2D eigenvalue weighted by molar-refractivity contribution is 0.0557. The second-order valence-electron chi connectivity index (χ2n) is 4.56. The number of carbonyl (C=O) groups is 1. The van der Waals surface area contributed by atoms with Crippen LogP contribution in [0.25, 0.3) is 0 Å². The van der Waals surface area contributed by atoms with E-state index in [-0.39, 0.29) is 12.5 Å². The van der Waals surface area contributed by atoms with Crippen molar-refractivity contribution in [2.24, 2.45) is 0 Å². The molecule has 0 aliphatic rings. The quantitative estimate of drug-likeness (QED) is 0.898. The fourth-order valence-electron chi connectivity index (χ4n) is 1.66. The highest BCUT2D eigenvalue weighted by atomic mass is 35.5. The standard InChI is InChI=1S/C14H13Cl2NO2S/c1-14(19,12-3-2-6-20-12)8-17-13(18)9-4-5-10(15)11(16)7-9/h2-7,19H,8H2,1H3,(H,17,18). The number of benzene rings is 1. The smallest absolute Gasteiger partial charge is 0.251 e. The van der Waals surface area contributed by atoms with Crippen LogP contribution in [0.1, 0.15) is 22.2 Å². The van der Waals surface area contributed by atoms with E-state index < -0.39 is 5.60 Å². The fraction of sp³-hybridized carbons (Fsp3) is 0.214. The van der Waals surface area contributed by atoms with Crippen molar-refractivity contribution >= 4 is 40.4 Å². The van der Waals surface area contributed by atoms with Crippen molar-refractivity contribution in [3.8, 4) is 0 Å². The van der Waals surface area contributed by atoms with Gasteiger partial charge in [0.2, 0.25) is 0 Å². The normalized spacial score (nSPS) is 13.8. The van der Waals surface area contributed by atoms with Crippen LogP contribution < -0.4 is 5.32 Å². The predicted octanol–water partition coefficient (Wildman–Crippen LogP) is 3.69. The molecule has 0 aliphatic heterocycles. The molecule has 0 saturated heterocycles. The van der Waals surface area contributed by atoms with Gasteiger partial charge >= 0.3 is 0 Å². The molecule has 2 N–H and O–H groups in total. The zero-order valence-corrected chi connectivity index (χ0v) is 13.0. The molecule has 1 aromatic carbocycles. The summed E-state index contributed by atoms with van der Waals surface area (Å²) in [5, 5.41) is 15.6. The van der Waals surface area contributed by atoms with Gasteiger partial charge in [-0.15, -0.1) is 11.3 Å². The van der Waals surface area contributed by atoms with E-state index in [0.29, 0.717) is 15.6 Å². The predicted molar refractivity (Wildman–Crippen MR) is 82.7 cm³/mol. The van der Waals surface area contributed by atoms with E-state index in [0.717, 1.165) is 4.88 Å². The molecule has 3 nitrogen and oxygen atoms in total. The summed E-state index contributed by atoms with van der Waals surface area (Å²) in [6, 6.07) is 8.34. The van der Waals surface area contributed by atoms with Crippen molar-refractivity contribution in [1.29, 1.82) is 0 Å². The number of rotatable bonds is 4. The zero-order valence-electron chi connectivity index (χ0n) is 10.7. The summed E-state index contributed by atoms with van der Waals surface area (Å²) in [7, 11) is 0. The first kappa shape index (κ1) is 15.3. The third kappa shape index (κ3) is 3.52. The van der Waals surface area contributed by atoms with Gasteiger partial charge < -0.3 is 10.4 Å². The Labute approximate surface area is 131 Å². The molecule has 0 radical (unpaired) electrons. The van der Waals surface area contributed by atoms with Gasteiger partial charge in [-0.3, -0.25) is 4.79 Å². The van der Waals surface area contributed by atoms with Crippen LogP contribution in [-0.2, 0) is 5.60 Å². The molecule has 0 bridgehead atoms. The second-order valence-corrected chi connectivity index (χ2v) is 6.32. The maximum atomic E-state index is 12.0. The van der Waals surface area contributed by atoms with E-state index in [1.807, 2.05) is 17.5 Å². The molecule has 1 amide bonds. The van der Waals surface area contributed by atoms with Crippen molar-refractivity contribution in [3.05, 3.63) is 56.2 Å². The molecule has 0 fully saturated rings. The van der Waals surface area contributed by atoms with Crippen LogP contribution in [0.4, 0.5) is 0 Å². The minimum Gasteiger partial charge on any atom is -0.383 e. The summed E-state index contributed by atoms with van der Waals surface area (Å²) in [6.07, 6.45) is 0. The number of carbonyl (C=O) groups excluding carboxylic acids is 1. The fourth-order valence-corrected chi connectivity index (χ4v) is 2.75. The van der Waals surface area contributed by atoms with Crippen molar-refractivity contribution in [3.63, 3.8) is 0 Å². The van der Waals surface area contributed by atoms with Gasteiger partial charge in [-0.25, -0.2) is 0 Å². The monoisotopic (exact) mass is 329 g/mol. The van der Waals surface area contributed by atoms with E-state index in [4.69, 9.17) is 23.2 Å². The maximum Gasteiger partial charge on any atom is 0.251 e. The van der Waals surface area contributed by atoms with Crippen LogP contribution >= 0.6 is 34.5 Å². The van der Waals surface area contributed by atoms with Crippen molar-refractivity contribution in [1.82, 2.24) is 5.32 Å². The van der Waals surface area contributed by atoms with Gasteiger partial charge in [0.25, 0.3) is 5.91 Å². The lowest BCUT2D eigenvalue weighted by atomic mass is 10.1. The number of aliphatic hydroxyl groups is 1. The Kier molecular flexibility index (Phi) is 4.70. The highest BCUT2D eigenvalue weighted by Gasteiger charge is 2.25. The summed E-state index contributed by atoms with van der Waals surface area (Å²) in [5.41, 5.74) is -0.693. The van der Waals surface area contributed by atoms with Gasteiger partial charge in [-0.05, 0) is 36.6 Å². The van der Waals surface area contributed by atoms with Crippen molar-refractivity contribution in [2.75, 3.05) is 6.54 Å². The van der Waals surface area contributed by atoms with E-state index in [9.17, 15) is 9.90 Å². The Balaban J connectivity index is 2.03. The van der Waals surface area contributed by atoms with Crippen LogP contribution in [0.5, 0.6) is 0 Å². The first-order valence-corrected chi connectivity index (χ1v) is 7.53. The molecule has 1 heterocycles. The summed E-state index contributed by atoms with van der Waals surface area (Å²) < 4.78 is 0. The summed E-state index contributed by atoms with van der Waals surface area (Å²) in [6.45, 7) is 1.78. The zero-order chi connectivity index (χ0) is 14.8. The van der Waals surface area contributed by atoms with Crippen LogP contribution in [0.15, 0.2) is 35.7 Å². The Bertz CT molecular complexity index is 612. The summed E-state index contributed by atoms with van der Waals surface area (Å²) in [4.78, 5) is 12.8. The van der Waals surface area contributed by atoms with Crippen LogP contribution in [-0.4, -0.2) is 17.6 Å². The lowest BCUT2D eigenvalue weighted by Gasteiger charge is -2.22. The largest absolute Gasteiger partial charge is 0.383 e. The van der Waals surface area contributed by atoms with E-state index in [1.165, 1.54) is 17.4 Å². The summed E-state index contributed by atoms with van der Waals surface area (Å²) in [5.74, 6) is -0.305. The molecule has 1 aromatic heterocycles. The van der Waals surface area contributed by atoms with E-state index >= 15 is 0 Å². The lowest BCUT2D eigenvalue weighted by Crippen LogP contribution is -2.38. The average Bonchev–Trinajstić information content (AvgIpc) is 2.94. The third-order valence-corrected chi connectivity index (χ3v) is 4.69. The van der Waals surface area contributed by atoms with Gasteiger partial charge in [-0.2, -0.15) is 0 Å². The Morgan fingerprint density at radius 1 is 1.35 bits per heavy atom. The molecule has 1 atom stereocenters. The second kappa shape index (κ2) is 6.14. The molecule has 106 valence electrons. The SMILES string of the molecule is CC(O)(CNC(=O)c1ccc(Cl)c(Cl)c1)c1cccs1. The van der Waals surface area contributed by atoms with E-state index in [2.05, 4.69) is 5.32 Å². The summed E-state index contributed by atoms with van der Waals surface area (Å²) >= 11 is 13.1. The number of thiophene rings is 1. The Morgan fingerprint density at radius 3 is 2.70 bits per heavy atom. The molecule has 6 heteroatoms. The average molecular weight is 330 g/mol. The van der Waals surface area contributed by atoms with Gasteiger partial charge in [0.1, 0.15) is 5.60 Å². The van der Waals surface area contributed by atoms with Gasteiger partial charge in [-0.1, -0.05) is 29.3 Å². The topological polar surface area (TPSA) is 49.3 Å². The first-order chi connectivity index (χ1) is 9.40. The van der Waals surface area contributed by atoms with Gasteiger partial charge in [0, 0.05) is 10.4 Å². The maximum absolute atomic E-state index is 12.0. The minimum atomic E-state index is -1.10. The molecular formula is C14H13Cl2NO2S.